The maximum absolute atomic E-state index is 12.1. The zero-order chi connectivity index (χ0) is 14.5. The van der Waals surface area contributed by atoms with E-state index in [1.807, 2.05) is 48.7 Å². The van der Waals surface area contributed by atoms with Crippen LogP contribution in [0.2, 0.25) is 5.02 Å². The molecule has 0 bridgehead atoms. The topological polar surface area (TPSA) is 32.3 Å². The Bertz CT molecular complexity index is 467. The van der Waals surface area contributed by atoms with Gasteiger partial charge in [-0.05, 0) is 31.9 Å². The van der Waals surface area contributed by atoms with Gasteiger partial charge in [-0.1, -0.05) is 29.8 Å². The predicted molar refractivity (Wildman–Crippen MR) is 86.5 cm³/mol. The lowest BCUT2D eigenvalue weighted by Crippen LogP contribution is -2.43. The first-order valence-electron chi connectivity index (χ1n) is 6.99. The van der Waals surface area contributed by atoms with Gasteiger partial charge in [-0.2, -0.15) is 11.8 Å². The first-order valence-corrected chi connectivity index (χ1v) is 8.42. The van der Waals surface area contributed by atoms with E-state index in [9.17, 15) is 4.79 Å². The van der Waals surface area contributed by atoms with Crippen LogP contribution in [0.3, 0.4) is 0 Å². The molecule has 0 unspecified atom stereocenters. The number of rotatable bonds is 2. The van der Waals surface area contributed by atoms with Gasteiger partial charge >= 0.3 is 6.03 Å². The third-order valence-electron chi connectivity index (χ3n) is 3.29. The van der Waals surface area contributed by atoms with E-state index in [0.717, 1.165) is 30.3 Å². The molecular formula is C15H21ClN2OS. The molecule has 1 aromatic carbocycles. The fourth-order valence-corrected chi connectivity index (χ4v) is 3.90. The lowest BCUT2D eigenvalue weighted by Gasteiger charge is -2.22. The second-order valence-electron chi connectivity index (χ2n) is 5.26. The van der Waals surface area contributed by atoms with Crippen LogP contribution in [0.15, 0.2) is 24.3 Å². The lowest BCUT2D eigenvalue weighted by molar-refractivity contribution is 0.198. The van der Waals surface area contributed by atoms with Gasteiger partial charge in [-0.25, -0.2) is 4.79 Å². The molecule has 110 valence electrons. The molecule has 0 aliphatic carbocycles. The summed E-state index contributed by atoms with van der Waals surface area (Å²) in [5.74, 6) is 0.946. The summed E-state index contributed by atoms with van der Waals surface area (Å²) in [6.45, 7) is 5.54. The smallest absolute Gasteiger partial charge is 0.317 e. The van der Waals surface area contributed by atoms with Crippen molar-refractivity contribution in [1.82, 2.24) is 10.2 Å². The highest BCUT2D eigenvalue weighted by Gasteiger charge is 2.23. The molecule has 2 rings (SSSR count). The molecule has 0 saturated carbocycles. The van der Waals surface area contributed by atoms with Gasteiger partial charge in [0.15, 0.2) is 0 Å². The van der Waals surface area contributed by atoms with Crippen molar-refractivity contribution < 1.29 is 4.79 Å². The van der Waals surface area contributed by atoms with Gasteiger partial charge in [0.1, 0.15) is 0 Å². The summed E-state index contributed by atoms with van der Waals surface area (Å²) in [7, 11) is 0. The van der Waals surface area contributed by atoms with Gasteiger partial charge in [0, 0.05) is 35.2 Å². The van der Waals surface area contributed by atoms with Crippen molar-refractivity contribution in [3.63, 3.8) is 0 Å². The first-order chi connectivity index (χ1) is 9.58. The van der Waals surface area contributed by atoms with Crippen LogP contribution >= 0.6 is 23.4 Å². The zero-order valence-electron chi connectivity index (χ0n) is 11.9. The van der Waals surface area contributed by atoms with Gasteiger partial charge < -0.3 is 10.2 Å². The molecule has 1 N–H and O–H groups in total. The summed E-state index contributed by atoms with van der Waals surface area (Å²) in [6, 6.07) is 8.22. The average molecular weight is 313 g/mol. The molecule has 0 spiro atoms. The van der Waals surface area contributed by atoms with E-state index in [-0.39, 0.29) is 12.1 Å². The molecule has 0 radical (unpaired) electrons. The highest BCUT2D eigenvalue weighted by atomic mass is 35.5. The number of nitrogens with zero attached hydrogens (tertiary/aromatic N) is 1. The Morgan fingerprint density at radius 2 is 2.15 bits per heavy atom. The molecule has 2 amide bonds. The van der Waals surface area contributed by atoms with Crippen LogP contribution in [0, 0.1) is 0 Å². The van der Waals surface area contributed by atoms with E-state index < -0.39 is 0 Å². The summed E-state index contributed by atoms with van der Waals surface area (Å²) in [5, 5.41) is 4.16. The Labute approximate surface area is 130 Å². The molecule has 0 aromatic heterocycles. The normalized spacial score (nSPS) is 19.8. The minimum absolute atomic E-state index is 0.0420. The van der Waals surface area contributed by atoms with Crippen LogP contribution in [0.4, 0.5) is 4.79 Å². The van der Waals surface area contributed by atoms with Gasteiger partial charge in [0.25, 0.3) is 0 Å². The number of carbonyl (C=O) groups is 1. The highest BCUT2D eigenvalue weighted by molar-refractivity contribution is 7.99. The van der Waals surface area contributed by atoms with Gasteiger partial charge in [0.2, 0.25) is 0 Å². The van der Waals surface area contributed by atoms with E-state index in [4.69, 9.17) is 11.6 Å². The Morgan fingerprint density at radius 1 is 1.40 bits per heavy atom. The van der Waals surface area contributed by atoms with Crippen LogP contribution in [0.1, 0.15) is 31.1 Å². The molecule has 1 atom stereocenters. The number of thioether (sulfide) groups is 1. The van der Waals surface area contributed by atoms with Crippen molar-refractivity contribution in [1.29, 1.82) is 0 Å². The molecule has 20 heavy (non-hydrogen) atoms. The van der Waals surface area contributed by atoms with Crippen molar-refractivity contribution in [3.8, 4) is 0 Å². The van der Waals surface area contributed by atoms with Gasteiger partial charge in [0.05, 0.1) is 0 Å². The van der Waals surface area contributed by atoms with Crippen LogP contribution in [0.25, 0.3) is 0 Å². The minimum Gasteiger partial charge on any atom is -0.336 e. The standard InChI is InChI=1S/C15H21ClN2OS/c1-11(2)17-15(19)18-8-7-14(20-10-9-18)12-5-3-4-6-13(12)16/h3-6,11,14H,7-10H2,1-2H3,(H,17,19)/t14-/m0/s1. The molecule has 1 fully saturated rings. The zero-order valence-corrected chi connectivity index (χ0v) is 13.5. The summed E-state index contributed by atoms with van der Waals surface area (Å²) in [6.07, 6.45) is 0.944. The van der Waals surface area contributed by atoms with Crippen LogP contribution in [0.5, 0.6) is 0 Å². The second kappa shape index (κ2) is 7.23. The van der Waals surface area contributed by atoms with Crippen molar-refractivity contribution in [2.45, 2.75) is 31.6 Å². The third-order valence-corrected chi connectivity index (χ3v) is 4.95. The summed E-state index contributed by atoms with van der Waals surface area (Å²) >= 11 is 8.16. The maximum atomic E-state index is 12.1. The van der Waals surface area contributed by atoms with Crippen molar-refractivity contribution in [2.24, 2.45) is 0 Å². The molecule has 1 aromatic rings. The monoisotopic (exact) mass is 312 g/mol. The number of hydrogen-bond acceptors (Lipinski definition) is 2. The Hall–Kier alpha value is -0.870. The van der Waals surface area contributed by atoms with E-state index in [1.165, 1.54) is 5.56 Å². The Balaban J connectivity index is 1.99. The highest BCUT2D eigenvalue weighted by Crippen LogP contribution is 2.37. The molecule has 5 heteroatoms. The molecule has 1 aliphatic rings. The quantitative estimate of drug-likeness (QED) is 0.897. The molecule has 1 saturated heterocycles. The second-order valence-corrected chi connectivity index (χ2v) is 6.98. The van der Waals surface area contributed by atoms with Gasteiger partial charge in [-0.15, -0.1) is 0 Å². The molecule has 1 heterocycles. The number of benzene rings is 1. The largest absolute Gasteiger partial charge is 0.336 e. The van der Waals surface area contributed by atoms with Gasteiger partial charge in [-0.3, -0.25) is 0 Å². The number of hydrogen-bond donors (Lipinski definition) is 1. The first kappa shape index (κ1) is 15.5. The lowest BCUT2D eigenvalue weighted by atomic mass is 10.1. The third kappa shape index (κ3) is 4.06. The SMILES string of the molecule is CC(C)NC(=O)N1CCS[C@H](c2ccccc2Cl)CC1. The number of nitrogens with one attached hydrogen (secondary N) is 1. The number of carbonyl (C=O) groups excluding carboxylic acids is 1. The number of halogens is 1. The van der Waals surface area contributed by atoms with Crippen molar-refractivity contribution in [3.05, 3.63) is 34.9 Å². The molecule has 1 aliphatic heterocycles. The van der Waals surface area contributed by atoms with E-state index in [1.54, 1.807) is 0 Å². The van der Waals surface area contributed by atoms with E-state index in [0.29, 0.717) is 5.25 Å². The Kier molecular flexibility index (Phi) is 5.61. The summed E-state index contributed by atoms with van der Waals surface area (Å²) in [4.78, 5) is 14.0. The fourth-order valence-electron chi connectivity index (χ4n) is 2.30. The van der Waals surface area contributed by atoms with Crippen LogP contribution in [-0.2, 0) is 0 Å². The summed E-state index contributed by atoms with van der Waals surface area (Å²) < 4.78 is 0. The maximum Gasteiger partial charge on any atom is 0.317 e. The van der Waals surface area contributed by atoms with Crippen molar-refractivity contribution in [2.75, 3.05) is 18.8 Å². The van der Waals surface area contributed by atoms with E-state index >= 15 is 0 Å². The number of urea groups is 1. The molecule has 3 nitrogen and oxygen atoms in total. The minimum atomic E-state index is 0.0420. The molecular weight excluding hydrogens is 292 g/mol. The van der Waals surface area contributed by atoms with E-state index in [2.05, 4.69) is 11.4 Å². The van der Waals surface area contributed by atoms with Crippen LogP contribution in [-0.4, -0.2) is 35.8 Å². The van der Waals surface area contributed by atoms with Crippen molar-refractivity contribution >= 4 is 29.4 Å². The predicted octanol–water partition coefficient (Wildman–Crippen LogP) is 3.94. The fraction of sp³-hybridized carbons (Fsp3) is 0.533. The Morgan fingerprint density at radius 3 is 2.85 bits per heavy atom. The van der Waals surface area contributed by atoms with Crippen LogP contribution < -0.4 is 5.32 Å². The average Bonchev–Trinajstić information content (AvgIpc) is 2.64. The summed E-state index contributed by atoms with van der Waals surface area (Å²) in [5.41, 5.74) is 1.19. The number of amides is 2.